The number of nitrogens with one attached hydrogen (secondary N) is 1. The van der Waals surface area contributed by atoms with Crippen LogP contribution in [0, 0.1) is 0 Å². The fraction of sp³-hybridized carbons (Fsp3) is 0.538. The van der Waals surface area contributed by atoms with Gasteiger partial charge in [-0.3, -0.25) is 4.79 Å². The Bertz CT molecular complexity index is 495. The highest BCUT2D eigenvalue weighted by molar-refractivity contribution is 7.19. The van der Waals surface area contributed by atoms with E-state index in [1.54, 1.807) is 6.92 Å². The van der Waals surface area contributed by atoms with Crippen molar-refractivity contribution in [3.63, 3.8) is 0 Å². The number of primary amides is 1. The van der Waals surface area contributed by atoms with E-state index in [-0.39, 0.29) is 28.8 Å². The van der Waals surface area contributed by atoms with Crippen LogP contribution in [-0.2, 0) is 4.74 Å². The number of carbonyl (C=O) groups excluding carboxylic acids is 2. The van der Waals surface area contributed by atoms with E-state index in [0.717, 1.165) is 24.2 Å². The maximum Gasteiger partial charge on any atom is 0.350 e. The van der Waals surface area contributed by atoms with E-state index in [9.17, 15) is 9.59 Å². The lowest BCUT2D eigenvalue weighted by atomic mass is 10.1. The van der Waals surface area contributed by atoms with Crippen molar-refractivity contribution in [3.8, 4) is 0 Å². The van der Waals surface area contributed by atoms with Gasteiger partial charge in [0, 0.05) is 6.04 Å². The number of thiophene rings is 1. The van der Waals surface area contributed by atoms with Crippen LogP contribution < -0.4 is 16.8 Å². The average molecular weight is 299 g/mol. The van der Waals surface area contributed by atoms with E-state index < -0.39 is 11.9 Å². The first kappa shape index (κ1) is 16.3. The van der Waals surface area contributed by atoms with Crippen LogP contribution in [-0.4, -0.2) is 24.5 Å². The molecular weight excluding hydrogens is 278 g/mol. The predicted octanol–water partition coefficient (Wildman–Crippen LogP) is 2.21. The van der Waals surface area contributed by atoms with Crippen LogP contribution >= 0.6 is 11.3 Å². The predicted molar refractivity (Wildman–Crippen MR) is 81.2 cm³/mol. The number of hydrogen-bond acceptors (Lipinski definition) is 6. The first-order valence-corrected chi connectivity index (χ1v) is 7.43. The van der Waals surface area contributed by atoms with Crippen LogP contribution in [0.15, 0.2) is 0 Å². The molecule has 0 aliphatic carbocycles. The van der Waals surface area contributed by atoms with Crippen LogP contribution in [0.3, 0.4) is 0 Å². The summed E-state index contributed by atoms with van der Waals surface area (Å²) in [5.74, 6) is -1.18. The van der Waals surface area contributed by atoms with Gasteiger partial charge in [-0.2, -0.15) is 0 Å². The Hall–Kier alpha value is -1.76. The summed E-state index contributed by atoms with van der Waals surface area (Å²) < 4.78 is 4.93. The van der Waals surface area contributed by atoms with Gasteiger partial charge in [0.2, 0.25) is 0 Å². The van der Waals surface area contributed by atoms with Crippen molar-refractivity contribution in [1.29, 1.82) is 0 Å². The molecule has 0 saturated heterocycles. The third-order valence-electron chi connectivity index (χ3n) is 2.97. The zero-order valence-electron chi connectivity index (χ0n) is 12.0. The summed E-state index contributed by atoms with van der Waals surface area (Å²) in [5, 5.41) is 3.75. The van der Waals surface area contributed by atoms with Crippen molar-refractivity contribution in [3.05, 3.63) is 10.4 Å². The second-order valence-corrected chi connectivity index (χ2v) is 5.31. The summed E-state index contributed by atoms with van der Waals surface area (Å²) in [6.45, 7) is 6.03. The zero-order valence-corrected chi connectivity index (χ0v) is 12.8. The molecule has 0 bridgehead atoms. The summed E-state index contributed by atoms with van der Waals surface area (Å²) in [5.41, 5.74) is 11.5. The van der Waals surface area contributed by atoms with E-state index in [0.29, 0.717) is 5.00 Å². The lowest BCUT2D eigenvalue weighted by molar-refractivity contribution is 0.0533. The van der Waals surface area contributed by atoms with Crippen molar-refractivity contribution in [2.24, 2.45) is 5.73 Å². The van der Waals surface area contributed by atoms with Gasteiger partial charge in [-0.25, -0.2) is 4.79 Å². The highest BCUT2D eigenvalue weighted by atomic mass is 32.1. The Kier molecular flexibility index (Phi) is 5.82. The van der Waals surface area contributed by atoms with Crippen molar-refractivity contribution in [2.75, 3.05) is 17.7 Å². The summed E-state index contributed by atoms with van der Waals surface area (Å²) in [7, 11) is 0. The molecule has 1 rings (SSSR count). The van der Waals surface area contributed by atoms with Crippen LogP contribution in [0.1, 0.15) is 53.6 Å². The van der Waals surface area contributed by atoms with Crippen molar-refractivity contribution < 1.29 is 14.3 Å². The standard InChI is InChI=1S/C13H21N3O3S/c1-4-7(5-2)16-12-8(11(15)17)9(14)10(20-12)13(18)19-6-3/h7,16H,4-6,14H2,1-3H3,(H2,15,17). The van der Waals surface area contributed by atoms with Gasteiger partial charge in [-0.15, -0.1) is 11.3 Å². The van der Waals surface area contributed by atoms with Gasteiger partial charge < -0.3 is 21.5 Å². The number of ether oxygens (including phenoxy) is 1. The fourth-order valence-corrected chi connectivity index (χ4v) is 2.91. The normalized spacial score (nSPS) is 10.6. The molecule has 1 aromatic rings. The number of nitrogen functional groups attached to an aromatic ring is 1. The molecule has 5 N–H and O–H groups in total. The second-order valence-electron chi connectivity index (χ2n) is 4.29. The minimum Gasteiger partial charge on any atom is -0.462 e. The molecule has 0 radical (unpaired) electrons. The first-order valence-electron chi connectivity index (χ1n) is 6.61. The molecule has 6 nitrogen and oxygen atoms in total. The number of rotatable bonds is 7. The number of nitrogens with two attached hydrogens (primary N) is 2. The molecule has 0 atom stereocenters. The molecule has 0 saturated carbocycles. The van der Waals surface area contributed by atoms with E-state index in [2.05, 4.69) is 5.32 Å². The Balaban J connectivity index is 3.19. The maximum absolute atomic E-state index is 11.8. The van der Waals surface area contributed by atoms with E-state index >= 15 is 0 Å². The van der Waals surface area contributed by atoms with Crippen LogP contribution in [0.2, 0.25) is 0 Å². The van der Waals surface area contributed by atoms with Crippen LogP contribution in [0.5, 0.6) is 0 Å². The molecule has 0 unspecified atom stereocenters. The van der Waals surface area contributed by atoms with Gasteiger partial charge in [-0.1, -0.05) is 13.8 Å². The molecule has 0 fully saturated rings. The second kappa shape index (κ2) is 7.14. The Labute approximate surface area is 122 Å². The monoisotopic (exact) mass is 299 g/mol. The quantitative estimate of drug-likeness (QED) is 0.669. The van der Waals surface area contributed by atoms with Crippen molar-refractivity contribution in [2.45, 2.75) is 39.7 Å². The molecule has 0 spiro atoms. The summed E-state index contributed by atoms with van der Waals surface area (Å²) >= 11 is 1.11. The highest BCUT2D eigenvalue weighted by Crippen LogP contribution is 2.36. The van der Waals surface area contributed by atoms with Gasteiger partial charge in [0.15, 0.2) is 0 Å². The van der Waals surface area contributed by atoms with Crippen LogP contribution in [0.4, 0.5) is 10.7 Å². The molecule has 0 aliphatic heterocycles. The lowest BCUT2D eigenvalue weighted by Gasteiger charge is -2.15. The van der Waals surface area contributed by atoms with Gasteiger partial charge in [0.1, 0.15) is 9.88 Å². The molecule has 0 aliphatic rings. The topological polar surface area (TPSA) is 107 Å². The minimum atomic E-state index is -0.650. The van der Waals surface area contributed by atoms with Gasteiger partial charge in [0.05, 0.1) is 17.9 Å². The Morgan fingerprint density at radius 2 is 1.90 bits per heavy atom. The summed E-state index contributed by atoms with van der Waals surface area (Å²) in [4.78, 5) is 23.6. The molecule has 1 heterocycles. The van der Waals surface area contributed by atoms with Crippen LogP contribution in [0.25, 0.3) is 0 Å². The average Bonchev–Trinajstić information content (AvgIpc) is 2.73. The van der Waals surface area contributed by atoms with Gasteiger partial charge >= 0.3 is 5.97 Å². The van der Waals surface area contributed by atoms with E-state index in [4.69, 9.17) is 16.2 Å². The largest absolute Gasteiger partial charge is 0.462 e. The number of amides is 1. The van der Waals surface area contributed by atoms with Gasteiger partial charge in [0.25, 0.3) is 5.91 Å². The third-order valence-corrected chi connectivity index (χ3v) is 4.09. The lowest BCUT2D eigenvalue weighted by Crippen LogP contribution is -2.20. The van der Waals surface area contributed by atoms with E-state index in [1.165, 1.54) is 0 Å². The van der Waals surface area contributed by atoms with Crippen molar-refractivity contribution >= 4 is 33.9 Å². The highest BCUT2D eigenvalue weighted by Gasteiger charge is 2.25. The number of hydrogen-bond donors (Lipinski definition) is 3. The zero-order chi connectivity index (χ0) is 15.3. The summed E-state index contributed by atoms with van der Waals surface area (Å²) in [6, 6.07) is 0.196. The number of carbonyl (C=O) groups is 2. The smallest absolute Gasteiger partial charge is 0.350 e. The minimum absolute atomic E-state index is 0.0920. The SMILES string of the molecule is CCOC(=O)c1sc(NC(CC)CC)c(C(N)=O)c1N. The number of anilines is 2. The Morgan fingerprint density at radius 3 is 2.35 bits per heavy atom. The molecule has 20 heavy (non-hydrogen) atoms. The molecule has 0 aromatic carbocycles. The van der Waals surface area contributed by atoms with E-state index in [1.807, 2.05) is 13.8 Å². The molecule has 7 heteroatoms. The molecule has 112 valence electrons. The maximum atomic E-state index is 11.8. The van der Waals surface area contributed by atoms with Crippen molar-refractivity contribution in [1.82, 2.24) is 0 Å². The molecule has 1 amide bonds. The number of esters is 1. The first-order chi connectivity index (χ1) is 9.46. The third kappa shape index (κ3) is 3.41. The molecular formula is C13H21N3O3S. The molecule has 1 aromatic heterocycles. The Morgan fingerprint density at radius 1 is 1.30 bits per heavy atom. The fourth-order valence-electron chi connectivity index (χ4n) is 1.82. The van der Waals surface area contributed by atoms with Gasteiger partial charge in [-0.05, 0) is 19.8 Å². The summed E-state index contributed by atoms with van der Waals surface area (Å²) in [6.07, 6.45) is 1.78.